The highest BCUT2D eigenvalue weighted by atomic mass is 79.9. The summed E-state index contributed by atoms with van der Waals surface area (Å²) in [6.45, 7) is 1.84. The van der Waals surface area contributed by atoms with Crippen LogP contribution in [0, 0.1) is 0 Å². The topological polar surface area (TPSA) is 77.2 Å². The van der Waals surface area contributed by atoms with E-state index in [0.717, 1.165) is 9.35 Å². The van der Waals surface area contributed by atoms with E-state index in [0.29, 0.717) is 17.5 Å². The van der Waals surface area contributed by atoms with E-state index >= 15 is 0 Å². The van der Waals surface area contributed by atoms with Crippen LogP contribution in [0.2, 0.25) is 0 Å². The molecule has 0 spiro atoms. The van der Waals surface area contributed by atoms with Gasteiger partial charge in [-0.25, -0.2) is 0 Å². The number of nitrogens with zero attached hydrogens (tertiary/aromatic N) is 2. The summed E-state index contributed by atoms with van der Waals surface area (Å²) in [5.41, 5.74) is 0. The van der Waals surface area contributed by atoms with E-state index < -0.39 is 6.10 Å². The van der Waals surface area contributed by atoms with E-state index in [1.165, 1.54) is 11.3 Å². The molecule has 0 unspecified atom stereocenters. The predicted octanol–water partition coefficient (Wildman–Crippen LogP) is 3.64. The highest BCUT2D eigenvalue weighted by Crippen LogP contribution is 2.21. The molecule has 1 aromatic carbocycles. The fourth-order valence-corrected chi connectivity index (χ4v) is 2.82. The van der Waals surface area contributed by atoms with Gasteiger partial charge in [-0.2, -0.15) is 4.98 Å². The highest BCUT2D eigenvalue weighted by molar-refractivity contribution is 9.10. The van der Waals surface area contributed by atoms with Gasteiger partial charge in [-0.05, 0) is 42.6 Å². The normalized spacial score (nSPS) is 11.9. The molecule has 0 bridgehead atoms. The fraction of sp³-hybridized carbons (Fsp3) is 0.188. The standard InChI is InChI=1S/C16H14BrN3O3S/c1-10(22-12-6-4-11(17)5-7-12)16(21)18-9-14-19-15(20-23-14)13-3-2-8-24-13/h2-8,10H,9H2,1H3,(H,18,21)/t10-/m0/s1. The van der Waals surface area contributed by atoms with Crippen molar-refractivity contribution in [2.24, 2.45) is 0 Å². The van der Waals surface area contributed by atoms with Gasteiger partial charge >= 0.3 is 0 Å². The molecule has 0 saturated heterocycles. The number of aromatic nitrogens is 2. The van der Waals surface area contributed by atoms with E-state index in [-0.39, 0.29) is 12.5 Å². The number of nitrogens with one attached hydrogen (secondary N) is 1. The third-order valence-electron chi connectivity index (χ3n) is 3.12. The van der Waals surface area contributed by atoms with Crippen molar-refractivity contribution < 1.29 is 14.1 Å². The number of thiophene rings is 1. The molecule has 3 rings (SSSR count). The van der Waals surface area contributed by atoms with E-state index in [2.05, 4.69) is 31.4 Å². The molecule has 0 aliphatic heterocycles. The number of amides is 1. The third-order valence-corrected chi connectivity index (χ3v) is 4.51. The summed E-state index contributed by atoms with van der Waals surface area (Å²) in [5.74, 6) is 1.24. The molecule has 6 nitrogen and oxygen atoms in total. The minimum Gasteiger partial charge on any atom is -0.481 e. The smallest absolute Gasteiger partial charge is 0.261 e. The summed E-state index contributed by atoms with van der Waals surface area (Å²) in [4.78, 5) is 17.3. The predicted molar refractivity (Wildman–Crippen MR) is 93.7 cm³/mol. The van der Waals surface area contributed by atoms with Crippen LogP contribution in [0.5, 0.6) is 5.75 Å². The molecule has 3 aromatic rings. The highest BCUT2D eigenvalue weighted by Gasteiger charge is 2.16. The number of ether oxygens (including phenoxy) is 1. The fourth-order valence-electron chi connectivity index (χ4n) is 1.91. The second kappa shape index (κ2) is 7.59. The van der Waals surface area contributed by atoms with Crippen molar-refractivity contribution in [2.45, 2.75) is 19.6 Å². The first-order valence-corrected chi connectivity index (χ1v) is 8.85. The second-order valence-electron chi connectivity index (χ2n) is 4.92. The van der Waals surface area contributed by atoms with Gasteiger partial charge in [0.1, 0.15) is 5.75 Å². The number of hydrogen-bond donors (Lipinski definition) is 1. The Morgan fingerprint density at radius 1 is 1.38 bits per heavy atom. The summed E-state index contributed by atoms with van der Waals surface area (Å²) in [6, 6.07) is 11.1. The van der Waals surface area contributed by atoms with Gasteiger partial charge in [-0.3, -0.25) is 4.79 Å². The average molecular weight is 408 g/mol. The van der Waals surface area contributed by atoms with Crippen molar-refractivity contribution in [2.75, 3.05) is 0 Å². The first kappa shape index (κ1) is 16.7. The number of carbonyl (C=O) groups is 1. The Kier molecular flexibility index (Phi) is 5.27. The zero-order chi connectivity index (χ0) is 16.9. The van der Waals surface area contributed by atoms with Crippen LogP contribution in [-0.2, 0) is 11.3 Å². The number of benzene rings is 1. The van der Waals surface area contributed by atoms with Gasteiger partial charge in [-0.1, -0.05) is 27.2 Å². The van der Waals surface area contributed by atoms with E-state index in [9.17, 15) is 4.79 Å². The van der Waals surface area contributed by atoms with Crippen molar-refractivity contribution in [1.29, 1.82) is 0 Å². The monoisotopic (exact) mass is 407 g/mol. The molecule has 1 amide bonds. The Morgan fingerprint density at radius 3 is 2.88 bits per heavy atom. The molecule has 124 valence electrons. The van der Waals surface area contributed by atoms with E-state index in [1.807, 2.05) is 29.6 Å². The summed E-state index contributed by atoms with van der Waals surface area (Å²) < 4.78 is 11.7. The maximum Gasteiger partial charge on any atom is 0.261 e. The average Bonchev–Trinajstić information content (AvgIpc) is 3.25. The summed E-state index contributed by atoms with van der Waals surface area (Å²) in [5, 5.41) is 8.56. The van der Waals surface area contributed by atoms with Gasteiger partial charge in [0.05, 0.1) is 11.4 Å². The molecule has 0 fully saturated rings. The molecule has 1 atom stereocenters. The van der Waals surface area contributed by atoms with Crippen LogP contribution >= 0.6 is 27.3 Å². The van der Waals surface area contributed by atoms with Crippen LogP contribution in [0.1, 0.15) is 12.8 Å². The van der Waals surface area contributed by atoms with Crippen LogP contribution in [0.15, 0.2) is 50.8 Å². The molecule has 0 saturated carbocycles. The quantitative estimate of drug-likeness (QED) is 0.674. The molecule has 8 heteroatoms. The lowest BCUT2D eigenvalue weighted by molar-refractivity contribution is -0.127. The van der Waals surface area contributed by atoms with Gasteiger partial charge in [0.25, 0.3) is 5.91 Å². The molecular weight excluding hydrogens is 394 g/mol. The summed E-state index contributed by atoms with van der Waals surface area (Å²) in [7, 11) is 0. The SMILES string of the molecule is C[C@H](Oc1ccc(Br)cc1)C(=O)NCc1nc(-c2cccs2)no1. The molecule has 2 aromatic heterocycles. The molecule has 1 N–H and O–H groups in total. The second-order valence-corrected chi connectivity index (χ2v) is 6.78. The van der Waals surface area contributed by atoms with Crippen molar-refractivity contribution in [3.05, 3.63) is 52.1 Å². The van der Waals surface area contributed by atoms with Crippen LogP contribution < -0.4 is 10.1 Å². The first-order chi connectivity index (χ1) is 11.6. The van der Waals surface area contributed by atoms with Crippen molar-refractivity contribution in [3.8, 4) is 16.5 Å². The van der Waals surface area contributed by atoms with Crippen molar-refractivity contribution in [3.63, 3.8) is 0 Å². The van der Waals surface area contributed by atoms with E-state index in [1.54, 1.807) is 19.1 Å². The Labute approximate surface area is 151 Å². The minimum absolute atomic E-state index is 0.158. The van der Waals surface area contributed by atoms with Gasteiger partial charge in [0.2, 0.25) is 11.7 Å². The van der Waals surface area contributed by atoms with Crippen molar-refractivity contribution >= 4 is 33.2 Å². The molecule has 0 aliphatic rings. The van der Waals surface area contributed by atoms with Gasteiger partial charge in [0, 0.05) is 4.47 Å². The Hall–Kier alpha value is -2.19. The zero-order valence-corrected chi connectivity index (χ0v) is 15.1. The largest absolute Gasteiger partial charge is 0.481 e. The summed E-state index contributed by atoms with van der Waals surface area (Å²) in [6.07, 6.45) is -0.633. The number of hydrogen-bond acceptors (Lipinski definition) is 6. The van der Waals surface area contributed by atoms with E-state index in [4.69, 9.17) is 9.26 Å². The van der Waals surface area contributed by atoms with Gasteiger partial charge < -0.3 is 14.6 Å². The Morgan fingerprint density at radius 2 is 2.17 bits per heavy atom. The lowest BCUT2D eigenvalue weighted by Gasteiger charge is -2.13. The molecule has 2 heterocycles. The number of rotatable bonds is 6. The number of carbonyl (C=O) groups excluding carboxylic acids is 1. The molecule has 0 radical (unpaired) electrons. The lowest BCUT2D eigenvalue weighted by atomic mass is 10.3. The van der Waals surface area contributed by atoms with Crippen LogP contribution in [0.4, 0.5) is 0 Å². The van der Waals surface area contributed by atoms with Gasteiger partial charge in [-0.15, -0.1) is 11.3 Å². The number of halogens is 1. The lowest BCUT2D eigenvalue weighted by Crippen LogP contribution is -2.35. The Balaban J connectivity index is 1.52. The third kappa shape index (κ3) is 4.21. The van der Waals surface area contributed by atoms with Crippen LogP contribution in [0.3, 0.4) is 0 Å². The van der Waals surface area contributed by atoms with Crippen LogP contribution in [-0.4, -0.2) is 22.2 Å². The zero-order valence-electron chi connectivity index (χ0n) is 12.7. The minimum atomic E-state index is -0.633. The van der Waals surface area contributed by atoms with Crippen LogP contribution in [0.25, 0.3) is 10.7 Å². The summed E-state index contributed by atoms with van der Waals surface area (Å²) >= 11 is 4.88. The molecule has 24 heavy (non-hydrogen) atoms. The van der Waals surface area contributed by atoms with Gasteiger partial charge in [0.15, 0.2) is 6.10 Å². The maximum atomic E-state index is 12.1. The van der Waals surface area contributed by atoms with Crippen molar-refractivity contribution in [1.82, 2.24) is 15.5 Å². The maximum absolute atomic E-state index is 12.1. The molecule has 0 aliphatic carbocycles. The Bertz CT molecular complexity index is 802. The molecular formula is C16H14BrN3O3S. The first-order valence-electron chi connectivity index (χ1n) is 7.18.